The average Bonchev–Trinajstić information content (AvgIpc) is 3.96. The highest BCUT2D eigenvalue weighted by atomic mass is 16.3. The number of benzene rings is 12. The minimum absolute atomic E-state index is 0.186. The first-order chi connectivity index (χ1) is 34.1. The Morgan fingerprint density at radius 2 is 1.06 bits per heavy atom. The van der Waals surface area contributed by atoms with E-state index in [-0.39, 0.29) is 6.85 Å². The lowest BCUT2D eigenvalue weighted by molar-refractivity contribution is 0.670. The molecule has 2 aromatic heterocycles. The highest BCUT2D eigenvalue weighted by molar-refractivity contribution is 6.90. The van der Waals surface area contributed by atoms with Gasteiger partial charge < -0.3 is 13.8 Å². The van der Waals surface area contributed by atoms with Crippen LogP contribution < -0.4 is 15.8 Å². The summed E-state index contributed by atoms with van der Waals surface area (Å²) in [6.07, 6.45) is 0. The molecule has 0 fully saturated rings. The summed E-state index contributed by atoms with van der Waals surface area (Å²) in [5.74, 6) is 0. The minimum atomic E-state index is -0.186. The molecular weight excluding hydrogens is 836 g/mol. The van der Waals surface area contributed by atoms with E-state index < -0.39 is 0 Å². The van der Waals surface area contributed by atoms with Crippen LogP contribution in [0.4, 0.5) is 17.1 Å². The Balaban J connectivity index is 1.14. The van der Waals surface area contributed by atoms with Gasteiger partial charge in [-0.25, -0.2) is 0 Å². The molecule has 0 amide bonds. The van der Waals surface area contributed by atoms with Crippen molar-refractivity contribution in [1.29, 1.82) is 0 Å². The van der Waals surface area contributed by atoms with Gasteiger partial charge in [0.05, 0.1) is 0 Å². The smallest absolute Gasteiger partial charge is 0.333 e. The van der Waals surface area contributed by atoms with Crippen LogP contribution in [0.25, 0.3) is 120 Å². The Bertz CT molecular complexity index is 4510. The van der Waals surface area contributed by atoms with Crippen LogP contribution in [0, 0.1) is 6.92 Å². The summed E-state index contributed by atoms with van der Waals surface area (Å²) in [4.78, 5) is 2.62. The zero-order chi connectivity index (χ0) is 45.1. The van der Waals surface area contributed by atoms with Gasteiger partial charge in [-0.3, -0.25) is 0 Å². The van der Waals surface area contributed by atoms with E-state index in [2.05, 4.69) is 235 Å². The van der Waals surface area contributed by atoms with Gasteiger partial charge in [0, 0.05) is 60.8 Å². The average molecular weight is 875 g/mol. The van der Waals surface area contributed by atoms with Crippen LogP contribution >= 0.6 is 0 Å². The molecule has 69 heavy (non-hydrogen) atoms. The van der Waals surface area contributed by atoms with Crippen molar-refractivity contribution in [2.45, 2.75) is 6.92 Å². The quantitative estimate of drug-likeness (QED) is 0.130. The molecule has 0 bridgehead atoms. The predicted octanol–water partition coefficient (Wildman–Crippen LogP) is 16.4. The number of fused-ring (bicyclic) bond motifs is 17. The third-order valence-corrected chi connectivity index (χ3v) is 15.6. The summed E-state index contributed by atoms with van der Waals surface area (Å²) in [6, 6.07) is 81.2. The number of nitrogens with zero attached hydrogens (tertiary/aromatic N) is 2. The molecule has 0 saturated carbocycles. The fraction of sp³-hybridized carbons (Fsp3) is 0.0154. The molecule has 0 N–H and O–H groups in total. The first-order valence-corrected chi connectivity index (χ1v) is 24.0. The number of para-hydroxylation sites is 1. The van der Waals surface area contributed by atoms with Crippen molar-refractivity contribution >= 4 is 122 Å². The maximum Gasteiger partial charge on any atom is 0.333 e. The molecule has 2 aliphatic rings. The molecule has 4 heteroatoms. The second-order valence-electron chi connectivity index (χ2n) is 19.2. The Morgan fingerprint density at radius 3 is 1.80 bits per heavy atom. The third-order valence-electron chi connectivity index (χ3n) is 15.6. The second-order valence-corrected chi connectivity index (χ2v) is 19.2. The number of aryl methyl sites for hydroxylation is 1. The van der Waals surface area contributed by atoms with Crippen molar-refractivity contribution in [2.75, 3.05) is 4.90 Å². The Labute approximate surface area is 397 Å². The van der Waals surface area contributed by atoms with Gasteiger partial charge in [0.1, 0.15) is 11.2 Å². The number of aromatic nitrogens is 1. The Kier molecular flexibility index (Phi) is 7.36. The maximum atomic E-state index is 7.22. The summed E-state index contributed by atoms with van der Waals surface area (Å²) in [7, 11) is 0. The zero-order valence-electron chi connectivity index (χ0n) is 37.7. The molecule has 12 aromatic carbocycles. The molecule has 14 aromatic rings. The van der Waals surface area contributed by atoms with Crippen LogP contribution in [0.3, 0.4) is 0 Å². The monoisotopic (exact) mass is 874 g/mol. The van der Waals surface area contributed by atoms with Gasteiger partial charge in [0.2, 0.25) is 0 Å². The standard InChI is InChI=1S/C65H39BN2O/c1-38-52-34-43-22-9-8-21-42(43)30-47(52)36-55-63(38)67(48-32-45(39-16-4-2-5-17-39)31-46(33-48)40-18-6-3-7-19-40)57-37-53-51-26-14-15-27-58(51)69-65(53)61-54-35-44-23-11-13-25-50(44)60-59-49-24-12-10-20-41(49)28-29-56(59)68(64(54)60)66(55)62(57)61/h2-37H,1H3. The lowest BCUT2D eigenvalue weighted by Crippen LogP contribution is -2.57. The molecule has 0 saturated heterocycles. The van der Waals surface area contributed by atoms with E-state index in [0.717, 1.165) is 27.6 Å². The lowest BCUT2D eigenvalue weighted by Gasteiger charge is -2.42. The van der Waals surface area contributed by atoms with Crippen molar-refractivity contribution in [3.63, 3.8) is 0 Å². The largest absolute Gasteiger partial charge is 0.455 e. The van der Waals surface area contributed by atoms with Crippen LogP contribution in [0.5, 0.6) is 0 Å². The topological polar surface area (TPSA) is 21.3 Å². The number of furan rings is 1. The van der Waals surface area contributed by atoms with Crippen molar-refractivity contribution in [3.05, 3.63) is 224 Å². The summed E-state index contributed by atoms with van der Waals surface area (Å²) in [6.45, 7) is 2.18. The molecule has 2 aliphatic heterocycles. The molecule has 0 atom stereocenters. The SMILES string of the molecule is Cc1c2c(cc3cc4ccccc4cc13)B1c3c(cc4c(oc5ccccc54)c3-c3cc4ccccc4c4c5c6ccccc6ccc5n1c34)N2c1cc(-c2ccccc2)cc(-c2ccccc2)c1. The Morgan fingerprint density at radius 1 is 0.435 bits per heavy atom. The van der Waals surface area contributed by atoms with E-state index in [1.165, 1.54) is 126 Å². The molecule has 0 spiro atoms. The van der Waals surface area contributed by atoms with E-state index in [4.69, 9.17) is 4.42 Å². The maximum absolute atomic E-state index is 7.22. The highest BCUT2D eigenvalue weighted by Gasteiger charge is 2.46. The highest BCUT2D eigenvalue weighted by Crippen LogP contribution is 2.53. The zero-order valence-corrected chi connectivity index (χ0v) is 37.7. The summed E-state index contributed by atoms with van der Waals surface area (Å²) >= 11 is 0. The minimum Gasteiger partial charge on any atom is -0.455 e. The normalized spacial score (nSPS) is 12.9. The van der Waals surface area contributed by atoms with Crippen LogP contribution in [0.1, 0.15) is 5.56 Å². The summed E-state index contributed by atoms with van der Waals surface area (Å²) < 4.78 is 9.94. The van der Waals surface area contributed by atoms with E-state index >= 15 is 0 Å². The van der Waals surface area contributed by atoms with Crippen molar-refractivity contribution in [3.8, 4) is 33.4 Å². The van der Waals surface area contributed by atoms with Gasteiger partial charge in [-0.2, -0.15) is 0 Å². The van der Waals surface area contributed by atoms with Gasteiger partial charge in [0.25, 0.3) is 0 Å². The van der Waals surface area contributed by atoms with Gasteiger partial charge in [0.15, 0.2) is 0 Å². The molecule has 0 radical (unpaired) electrons. The van der Waals surface area contributed by atoms with Gasteiger partial charge >= 0.3 is 6.85 Å². The number of rotatable bonds is 3. The van der Waals surface area contributed by atoms with Gasteiger partial charge in [-0.15, -0.1) is 0 Å². The van der Waals surface area contributed by atoms with Crippen molar-refractivity contribution in [2.24, 2.45) is 0 Å². The van der Waals surface area contributed by atoms with Gasteiger partial charge in [-0.05, 0) is 143 Å². The van der Waals surface area contributed by atoms with Crippen LogP contribution in [-0.2, 0) is 0 Å². The molecular formula is C65H39BN2O. The van der Waals surface area contributed by atoms with E-state index in [1.807, 2.05) is 0 Å². The van der Waals surface area contributed by atoms with Crippen molar-refractivity contribution < 1.29 is 4.42 Å². The summed E-state index contributed by atoms with van der Waals surface area (Å²) in [5.41, 5.74) is 18.7. The molecule has 4 heterocycles. The number of anilines is 3. The fourth-order valence-electron chi connectivity index (χ4n) is 12.7. The number of hydrogen-bond acceptors (Lipinski definition) is 2. The first kappa shape index (κ1) is 37.3. The van der Waals surface area contributed by atoms with Gasteiger partial charge in [-0.1, -0.05) is 164 Å². The lowest BCUT2D eigenvalue weighted by atomic mass is 9.44. The van der Waals surface area contributed by atoms with Crippen LogP contribution in [0.2, 0.25) is 0 Å². The predicted molar refractivity (Wildman–Crippen MR) is 293 cm³/mol. The van der Waals surface area contributed by atoms with E-state index in [1.54, 1.807) is 0 Å². The van der Waals surface area contributed by atoms with Crippen molar-refractivity contribution in [1.82, 2.24) is 4.48 Å². The second kappa shape index (κ2) is 13.6. The van der Waals surface area contributed by atoms with Crippen LogP contribution in [0.15, 0.2) is 223 Å². The van der Waals surface area contributed by atoms with E-state index in [9.17, 15) is 0 Å². The summed E-state index contributed by atoms with van der Waals surface area (Å²) in [5, 5.41) is 14.8. The fourth-order valence-corrected chi connectivity index (χ4v) is 12.7. The first-order valence-electron chi connectivity index (χ1n) is 24.0. The van der Waals surface area contributed by atoms with E-state index in [0.29, 0.717) is 0 Å². The molecule has 3 nitrogen and oxygen atoms in total. The molecule has 0 unspecified atom stereocenters. The van der Waals surface area contributed by atoms with Crippen LogP contribution in [-0.4, -0.2) is 11.3 Å². The number of hydrogen-bond donors (Lipinski definition) is 0. The molecule has 0 aliphatic carbocycles. The molecule has 318 valence electrons. The molecule has 16 rings (SSSR count). The Hall–Kier alpha value is -8.86. The third kappa shape index (κ3) is 5.02.